The van der Waals surface area contributed by atoms with Gasteiger partial charge in [0.1, 0.15) is 48.0 Å². The standard InChI is InChI=1S/C22H18O11.C20H20O14.C18H18N2O8.C18H20N2O8.C16H18N2O7S/c23-10-5-12(24)11-7-18(33-22(31)9-3-15(27)20(30)16(28)4-9)21(32-17(11)6-10)8-1-13(25)19(29)14(26)2-8;21-5-12-16(33-18(29)6-1-8(22)13(26)9(23)2-6)17(15(28)20(31)32-12)34-19(30)7-3-10(24)14(27)11(25)4-7;21-11-5-9(6-12(22)15(11)25)17(27)19-3-1-2-4-20(19)18(28)10-7-13(23)16(26)14(24)8-10;1-18(2,3)20(17(28)9-6-12(23)15(26)13(24)7-9)19-16(27)8-4-10(21)14(25)11(22)5-8;19-9-1-7(2-10(20)15(9)23)5-13-17-26-18-14(25-13)6-8-3-11(21)16(24)12(22)4-8/h1-6,18,21,23-30H,7H2;1-4,12,15-17,20-28,31H,5H2;5-8,21-26H,1-4H2;4-7,21-26H,1-3H3,(H,19,27);1-4,13-14,17-24H,5-6H2. The molecule has 55 heteroatoms. The number of benzene rings is 11. The highest BCUT2D eigenvalue weighted by Crippen LogP contribution is 2.50. The van der Waals surface area contributed by atoms with Crippen molar-refractivity contribution < 1.29 is 241 Å². The summed E-state index contributed by atoms with van der Waals surface area (Å²) in [6.07, 6.45) is -10.8. The molecule has 4 amide bonds. The predicted molar refractivity (Wildman–Crippen MR) is 497 cm³/mol. The Morgan fingerprint density at radius 2 is 0.678 bits per heavy atom. The van der Waals surface area contributed by atoms with E-state index in [-0.39, 0.29) is 75.7 Å². The van der Waals surface area contributed by atoms with Crippen LogP contribution in [0.1, 0.15) is 134 Å². The Labute approximate surface area is 838 Å². The maximum atomic E-state index is 12.8. The lowest BCUT2D eigenvalue weighted by Crippen LogP contribution is -2.61. The number of amides is 4. The average Bonchev–Trinajstić information content (AvgIpc) is 0.750. The molecule has 0 saturated carbocycles. The molecular formula is C94H94N6O48S. The summed E-state index contributed by atoms with van der Waals surface area (Å²) < 4.78 is 38.3. The number of hydrazine groups is 2. The third-order valence-corrected chi connectivity index (χ3v) is 22.8. The van der Waals surface area contributed by atoms with Crippen molar-refractivity contribution in [3.8, 4) is 190 Å². The second kappa shape index (κ2) is 45.4. The van der Waals surface area contributed by atoms with E-state index in [0.29, 0.717) is 36.8 Å². The normalized spacial score (nSPS) is 17.6. The van der Waals surface area contributed by atoms with E-state index in [9.17, 15) is 212 Å². The largest absolute Gasteiger partial charge is 0.508 e. The van der Waals surface area contributed by atoms with E-state index >= 15 is 0 Å². The number of hydrogen-bond donors (Lipinski definition) is 38. The Morgan fingerprint density at radius 1 is 0.376 bits per heavy atom. The van der Waals surface area contributed by atoms with Gasteiger partial charge in [0, 0.05) is 90.0 Å². The predicted octanol–water partition coefficient (Wildman–Crippen LogP) is 4.82. The molecule has 0 spiro atoms. The lowest BCUT2D eigenvalue weighted by molar-refractivity contribution is -0.285. The molecule has 4 heterocycles. The van der Waals surface area contributed by atoms with Crippen LogP contribution in [0.15, 0.2) is 133 Å². The zero-order valence-corrected chi connectivity index (χ0v) is 77.6. The van der Waals surface area contributed by atoms with Crippen LogP contribution in [-0.4, -0.2) is 310 Å². The molecule has 149 heavy (non-hydrogen) atoms. The first-order chi connectivity index (χ1) is 69.8. The van der Waals surface area contributed by atoms with E-state index in [1.165, 1.54) is 42.5 Å². The lowest BCUT2D eigenvalue weighted by atomic mass is 9.93. The summed E-state index contributed by atoms with van der Waals surface area (Å²) in [5.74, 6) is -28.7. The highest BCUT2D eigenvalue weighted by atomic mass is 32.2. The number of aromatic hydroxyl groups is 32. The van der Waals surface area contributed by atoms with Crippen molar-refractivity contribution in [2.75, 3.05) is 19.7 Å². The second-order valence-corrected chi connectivity index (χ2v) is 34.4. The molecule has 11 aromatic carbocycles. The van der Waals surface area contributed by atoms with Crippen molar-refractivity contribution in [1.82, 2.24) is 29.9 Å². The maximum absolute atomic E-state index is 12.8. The molecule has 794 valence electrons. The number of esters is 3. The number of hydrogen-bond acceptors (Lipinski definition) is 51. The van der Waals surface area contributed by atoms with E-state index in [1.54, 1.807) is 20.8 Å². The van der Waals surface area contributed by atoms with Crippen LogP contribution < -0.4 is 19.6 Å². The van der Waals surface area contributed by atoms with Gasteiger partial charge >= 0.3 is 17.9 Å². The number of carbonyl (C=O) groups is 7. The summed E-state index contributed by atoms with van der Waals surface area (Å²) in [6.45, 7) is 4.24. The molecule has 38 N–H and O–H groups in total. The molecule has 3 fully saturated rings. The fourth-order valence-corrected chi connectivity index (χ4v) is 15.1. The van der Waals surface area contributed by atoms with Gasteiger partial charge in [-0.3, -0.25) is 24.6 Å². The zero-order chi connectivity index (χ0) is 110. The van der Waals surface area contributed by atoms with Gasteiger partial charge in [0.15, 0.2) is 197 Å². The van der Waals surface area contributed by atoms with Crippen LogP contribution in [0.3, 0.4) is 0 Å². The summed E-state index contributed by atoms with van der Waals surface area (Å²) in [5.41, 5.74) is 0.676. The number of ether oxygens (including phenoxy) is 6. The molecule has 54 nitrogen and oxygen atoms in total. The SMILES string of the molecule is CC(C)(C)N(NC(=O)c1cc(O)c(O)c(O)c1)C(=O)c1cc(O)c(O)c(O)c1.O=C(OC1C(CO)OC(O)C(O)C1OC(=O)c1cc(O)c(O)c(O)c1)c1cc(O)c(O)c(O)c1.O=C(OC1Cc2c(O)cc(O)cc2OC1c1cc(O)c(O)c(O)c1)c1cc(O)c(O)c(O)c1.O=C(c1cc(O)c(O)c(O)c1)N1CCCCN1C(=O)c1cc(O)c(O)c(O)c1.Oc1cc(CC2NSNC(Cc3cc(O)c(O)c(O)c3)O2)cc(O)c1O. The van der Waals surface area contributed by atoms with Gasteiger partial charge in [-0.1, -0.05) is 0 Å². The Morgan fingerprint density at radius 3 is 1.01 bits per heavy atom. The molecule has 0 aromatic heterocycles. The Hall–Kier alpha value is -18.8. The van der Waals surface area contributed by atoms with Crippen LogP contribution >= 0.6 is 12.1 Å². The van der Waals surface area contributed by atoms with Crippen LogP contribution in [0.25, 0.3) is 0 Å². The summed E-state index contributed by atoms with van der Waals surface area (Å²) >= 11 is 1.20. The van der Waals surface area contributed by atoms with Gasteiger partial charge in [-0.2, -0.15) is 0 Å². The number of rotatable bonds is 16. The molecule has 4 aliphatic heterocycles. The van der Waals surface area contributed by atoms with Gasteiger partial charge in [-0.25, -0.2) is 38.9 Å². The number of phenols is 32. The molecule has 0 radical (unpaired) electrons. The van der Waals surface area contributed by atoms with Gasteiger partial charge in [0.2, 0.25) is 0 Å². The van der Waals surface area contributed by atoms with Crippen LogP contribution in [0.4, 0.5) is 0 Å². The molecule has 9 atom stereocenters. The van der Waals surface area contributed by atoms with Gasteiger partial charge in [-0.15, -0.1) is 0 Å². The van der Waals surface area contributed by atoms with Crippen molar-refractivity contribution in [3.63, 3.8) is 0 Å². The van der Waals surface area contributed by atoms with Crippen molar-refractivity contribution in [3.05, 3.63) is 195 Å². The van der Waals surface area contributed by atoms with Crippen LogP contribution in [0, 0.1) is 0 Å². The third kappa shape index (κ3) is 25.5. The lowest BCUT2D eigenvalue weighted by Gasteiger charge is -2.41. The zero-order valence-electron chi connectivity index (χ0n) is 76.8. The first-order valence-electron chi connectivity index (χ1n) is 42.9. The van der Waals surface area contributed by atoms with Crippen molar-refractivity contribution >= 4 is 53.7 Å². The topological polar surface area (TPSA) is 929 Å². The van der Waals surface area contributed by atoms with E-state index < -0.39 is 293 Å². The Balaban J connectivity index is 0.000000177. The van der Waals surface area contributed by atoms with Crippen molar-refractivity contribution in [2.45, 2.75) is 114 Å². The first kappa shape index (κ1) is 111. The van der Waals surface area contributed by atoms with E-state index in [1.807, 2.05) is 0 Å². The highest BCUT2D eigenvalue weighted by molar-refractivity contribution is 7.95. The van der Waals surface area contributed by atoms with Crippen molar-refractivity contribution in [2.24, 2.45) is 0 Å². The fourth-order valence-electron chi connectivity index (χ4n) is 14.5. The minimum Gasteiger partial charge on any atom is -0.508 e. The molecule has 4 aliphatic rings. The molecule has 11 aromatic rings. The van der Waals surface area contributed by atoms with Crippen LogP contribution in [0.2, 0.25) is 0 Å². The number of aliphatic hydroxyl groups excluding tert-OH is 3. The summed E-state index contributed by atoms with van der Waals surface area (Å²) in [5, 5.41) is 340. The summed E-state index contributed by atoms with van der Waals surface area (Å²) in [6, 6.07) is 21.9. The van der Waals surface area contributed by atoms with Crippen LogP contribution in [-0.2, 0) is 42.9 Å². The monoisotopic (exact) mass is 2110 g/mol. The van der Waals surface area contributed by atoms with E-state index in [2.05, 4.69) is 14.9 Å². The number of carbonyl (C=O) groups excluding carboxylic acids is 7. The molecule has 9 unspecified atom stereocenters. The summed E-state index contributed by atoms with van der Waals surface area (Å²) in [7, 11) is 0. The smallest absolute Gasteiger partial charge is 0.338 e. The number of phenolic OH excluding ortho intramolecular Hbond substituents is 32. The van der Waals surface area contributed by atoms with Gasteiger partial charge < -0.3 is 207 Å². The number of fused-ring (bicyclic) bond motifs is 1. The molecule has 3 saturated heterocycles. The molecule has 15 rings (SSSR count). The summed E-state index contributed by atoms with van der Waals surface area (Å²) in [4.78, 5) is 88.8. The van der Waals surface area contributed by atoms with Gasteiger partial charge in [0.05, 0.1) is 28.8 Å². The van der Waals surface area contributed by atoms with Crippen molar-refractivity contribution in [1.29, 1.82) is 0 Å². The molecule has 0 bridgehead atoms. The maximum Gasteiger partial charge on any atom is 0.338 e. The first-order valence-corrected chi connectivity index (χ1v) is 43.7. The Kier molecular flexibility index (Phi) is 33.7. The van der Waals surface area contributed by atoms with Crippen LogP contribution in [0.5, 0.6) is 190 Å². The Bertz CT molecular complexity index is 6540. The van der Waals surface area contributed by atoms with Gasteiger partial charge in [-0.05, 0) is 166 Å². The number of nitrogens with one attached hydrogen (secondary N) is 3. The van der Waals surface area contributed by atoms with E-state index in [0.717, 1.165) is 118 Å². The molecular weight excluding hydrogens is 2010 g/mol. The number of aliphatic hydroxyl groups is 3. The van der Waals surface area contributed by atoms with Gasteiger partial charge in [0.25, 0.3) is 23.6 Å². The minimum atomic E-state index is -2.01. The highest BCUT2D eigenvalue weighted by Gasteiger charge is 2.50. The average molecular weight is 2110 g/mol. The quantitative estimate of drug-likeness (QED) is 0.0203. The number of nitrogens with zero attached hydrogens (tertiary/aromatic N) is 3. The fraction of sp³-hybridized carbons (Fsp3) is 0.223. The van der Waals surface area contributed by atoms with E-state index in [4.69, 9.17) is 28.4 Å². The second-order valence-electron chi connectivity index (χ2n) is 33.7. The minimum absolute atomic E-state index is 0.0526. The third-order valence-electron chi connectivity index (χ3n) is 22.0. The molecule has 0 aliphatic carbocycles.